The highest BCUT2D eigenvalue weighted by atomic mass is 16.7. The highest BCUT2D eigenvalue weighted by Crippen LogP contribution is 1.92. The average Bonchev–Trinajstić information content (AvgIpc) is 2.03. The van der Waals surface area contributed by atoms with E-state index in [-0.39, 0.29) is 0 Å². The van der Waals surface area contributed by atoms with E-state index < -0.39 is 12.2 Å². The lowest BCUT2D eigenvalue weighted by Gasteiger charge is -1.85. The van der Waals surface area contributed by atoms with Crippen molar-refractivity contribution in [2.75, 3.05) is 0 Å². The summed E-state index contributed by atoms with van der Waals surface area (Å²) < 4.78 is 3.31. The Kier molecular flexibility index (Phi) is 5.53. The van der Waals surface area contributed by atoms with Gasteiger partial charge in [-0.2, -0.15) is 0 Å². The van der Waals surface area contributed by atoms with Gasteiger partial charge >= 0.3 is 12.2 Å². The minimum atomic E-state index is -1.69. The van der Waals surface area contributed by atoms with Crippen molar-refractivity contribution in [3.05, 3.63) is 35.9 Å². The summed E-state index contributed by atoms with van der Waals surface area (Å²) in [6.07, 6.45) is -3.00. The second-order valence-electron chi connectivity index (χ2n) is 2.34. The first-order valence-corrected chi connectivity index (χ1v) is 3.74. The summed E-state index contributed by atoms with van der Waals surface area (Å²) in [5.74, 6) is 0. The number of amides is 1. The molecule has 14 heavy (non-hydrogen) atoms. The molecule has 76 valence electrons. The third-order valence-corrected chi connectivity index (χ3v) is 1.13. The van der Waals surface area contributed by atoms with Crippen molar-refractivity contribution in [1.29, 1.82) is 0 Å². The van der Waals surface area contributed by atoms with E-state index in [1.165, 1.54) is 5.56 Å². The molecule has 5 heteroatoms. The van der Waals surface area contributed by atoms with Gasteiger partial charge in [0, 0.05) is 0 Å². The SMILES string of the molecule is Cc1ccccc1.NC(=O)OC(=O)O. The van der Waals surface area contributed by atoms with Crippen LogP contribution in [0.15, 0.2) is 30.3 Å². The quantitative estimate of drug-likeness (QED) is 0.489. The third kappa shape index (κ3) is 8.06. The number of hydrogen-bond donors (Lipinski definition) is 2. The van der Waals surface area contributed by atoms with E-state index in [2.05, 4.69) is 29.5 Å². The van der Waals surface area contributed by atoms with Crippen LogP contribution in [0.2, 0.25) is 0 Å². The van der Waals surface area contributed by atoms with Crippen molar-refractivity contribution in [2.24, 2.45) is 5.73 Å². The number of carbonyl (C=O) groups excluding carboxylic acids is 1. The molecule has 0 aliphatic rings. The molecule has 0 saturated heterocycles. The fourth-order valence-electron chi connectivity index (χ4n) is 0.620. The fraction of sp³-hybridized carbons (Fsp3) is 0.111. The van der Waals surface area contributed by atoms with Crippen LogP contribution in [-0.2, 0) is 4.74 Å². The molecule has 1 rings (SSSR count). The van der Waals surface area contributed by atoms with Crippen LogP contribution in [0, 0.1) is 6.92 Å². The minimum Gasteiger partial charge on any atom is -0.449 e. The first-order valence-electron chi connectivity index (χ1n) is 3.74. The summed E-state index contributed by atoms with van der Waals surface area (Å²) in [4.78, 5) is 18.7. The molecular weight excluding hydrogens is 186 g/mol. The Labute approximate surface area is 81.1 Å². The first-order chi connectivity index (χ1) is 6.52. The molecule has 1 aromatic carbocycles. The lowest BCUT2D eigenvalue weighted by atomic mass is 10.2. The average molecular weight is 197 g/mol. The predicted molar refractivity (Wildman–Crippen MR) is 49.9 cm³/mol. The van der Waals surface area contributed by atoms with Gasteiger partial charge in [-0.1, -0.05) is 35.9 Å². The molecule has 0 fully saturated rings. The minimum absolute atomic E-state index is 1.31. The topological polar surface area (TPSA) is 89.6 Å². The number of aryl methyl sites for hydroxylation is 1. The number of nitrogens with two attached hydrogens (primary N) is 1. The molecule has 1 amide bonds. The Morgan fingerprint density at radius 2 is 1.79 bits per heavy atom. The van der Waals surface area contributed by atoms with Crippen molar-refractivity contribution in [3.63, 3.8) is 0 Å². The first kappa shape index (κ1) is 12.0. The third-order valence-electron chi connectivity index (χ3n) is 1.13. The summed E-state index contributed by atoms with van der Waals surface area (Å²) in [7, 11) is 0. The van der Waals surface area contributed by atoms with Crippen molar-refractivity contribution in [1.82, 2.24) is 0 Å². The smallest absolute Gasteiger partial charge is 0.449 e. The standard InChI is InChI=1S/C7H8.C2H3NO4/c1-7-5-3-2-4-6-7;3-1(4)7-2(5)6/h2-6H,1H3;(H2,3,4)(H,5,6). The van der Waals surface area contributed by atoms with Gasteiger partial charge in [0.15, 0.2) is 0 Å². The van der Waals surface area contributed by atoms with E-state index in [1.807, 2.05) is 18.2 Å². The number of primary amides is 1. The maximum atomic E-state index is 9.43. The lowest BCUT2D eigenvalue weighted by molar-refractivity contribution is 0.114. The molecule has 0 atom stereocenters. The predicted octanol–water partition coefficient (Wildman–Crippen LogP) is 1.75. The van der Waals surface area contributed by atoms with Crippen LogP contribution in [0.25, 0.3) is 0 Å². The van der Waals surface area contributed by atoms with E-state index in [9.17, 15) is 9.59 Å². The van der Waals surface area contributed by atoms with E-state index >= 15 is 0 Å². The molecule has 0 aliphatic heterocycles. The molecule has 0 unspecified atom stereocenters. The Balaban J connectivity index is 0.000000241. The molecule has 0 saturated carbocycles. The van der Waals surface area contributed by atoms with E-state index in [4.69, 9.17) is 5.11 Å². The Bertz CT molecular complexity index is 285. The Hall–Kier alpha value is -2.04. The molecule has 5 nitrogen and oxygen atoms in total. The summed E-state index contributed by atoms with van der Waals surface area (Å²) in [6, 6.07) is 10.3. The van der Waals surface area contributed by atoms with Crippen LogP contribution >= 0.6 is 0 Å². The van der Waals surface area contributed by atoms with Crippen LogP contribution in [0.3, 0.4) is 0 Å². The van der Waals surface area contributed by atoms with Gasteiger partial charge in [0.05, 0.1) is 0 Å². The van der Waals surface area contributed by atoms with Crippen molar-refractivity contribution in [2.45, 2.75) is 6.92 Å². The number of benzene rings is 1. The zero-order valence-corrected chi connectivity index (χ0v) is 7.64. The summed E-state index contributed by atoms with van der Waals surface area (Å²) >= 11 is 0. The summed E-state index contributed by atoms with van der Waals surface area (Å²) in [6.45, 7) is 2.08. The zero-order chi connectivity index (χ0) is 11.0. The molecule has 0 aromatic heterocycles. The second-order valence-corrected chi connectivity index (χ2v) is 2.34. The van der Waals surface area contributed by atoms with Gasteiger partial charge in [-0.15, -0.1) is 0 Å². The van der Waals surface area contributed by atoms with Gasteiger partial charge < -0.3 is 15.6 Å². The van der Waals surface area contributed by atoms with Crippen molar-refractivity contribution in [3.8, 4) is 0 Å². The number of rotatable bonds is 0. The highest BCUT2D eigenvalue weighted by Gasteiger charge is 1.98. The van der Waals surface area contributed by atoms with Crippen molar-refractivity contribution < 1.29 is 19.4 Å². The number of ether oxygens (including phenoxy) is 1. The van der Waals surface area contributed by atoms with Crippen LogP contribution < -0.4 is 5.73 Å². The number of carboxylic acid groups (broad SMARTS) is 1. The molecule has 0 bridgehead atoms. The number of carbonyl (C=O) groups is 2. The molecule has 0 heterocycles. The van der Waals surface area contributed by atoms with Gasteiger partial charge in [0.2, 0.25) is 0 Å². The van der Waals surface area contributed by atoms with Crippen molar-refractivity contribution >= 4 is 12.2 Å². The fourth-order valence-corrected chi connectivity index (χ4v) is 0.620. The van der Waals surface area contributed by atoms with Gasteiger partial charge in [0.25, 0.3) is 0 Å². The maximum Gasteiger partial charge on any atom is 0.514 e. The van der Waals surface area contributed by atoms with E-state index in [1.54, 1.807) is 0 Å². The molecular formula is C9H11NO4. The highest BCUT2D eigenvalue weighted by molar-refractivity contribution is 5.78. The lowest BCUT2D eigenvalue weighted by Crippen LogP contribution is -2.16. The summed E-state index contributed by atoms with van der Waals surface area (Å²) in [5.41, 5.74) is 5.57. The van der Waals surface area contributed by atoms with Crippen LogP contribution in [0.4, 0.5) is 9.59 Å². The van der Waals surface area contributed by atoms with E-state index in [0.717, 1.165) is 0 Å². The number of hydrogen-bond acceptors (Lipinski definition) is 3. The molecule has 3 N–H and O–H groups in total. The molecule has 1 aromatic rings. The summed E-state index contributed by atoms with van der Waals surface area (Å²) in [5, 5.41) is 7.56. The monoisotopic (exact) mass is 197 g/mol. The maximum absolute atomic E-state index is 9.43. The molecule has 0 spiro atoms. The van der Waals surface area contributed by atoms with Crippen LogP contribution in [0.5, 0.6) is 0 Å². The molecule has 0 radical (unpaired) electrons. The van der Waals surface area contributed by atoms with Gasteiger partial charge in [-0.3, -0.25) is 0 Å². The van der Waals surface area contributed by atoms with Crippen LogP contribution in [0.1, 0.15) is 5.56 Å². The van der Waals surface area contributed by atoms with Crippen LogP contribution in [-0.4, -0.2) is 17.4 Å². The Morgan fingerprint density at radius 3 is 1.93 bits per heavy atom. The van der Waals surface area contributed by atoms with Gasteiger partial charge in [-0.25, -0.2) is 9.59 Å². The second kappa shape index (κ2) is 6.47. The normalized spacial score (nSPS) is 8.07. The zero-order valence-electron chi connectivity index (χ0n) is 7.64. The largest absolute Gasteiger partial charge is 0.514 e. The Morgan fingerprint density at radius 1 is 1.29 bits per heavy atom. The molecule has 0 aliphatic carbocycles. The van der Waals surface area contributed by atoms with Gasteiger partial charge in [-0.05, 0) is 6.92 Å². The van der Waals surface area contributed by atoms with Gasteiger partial charge in [0.1, 0.15) is 0 Å². The van der Waals surface area contributed by atoms with E-state index in [0.29, 0.717) is 0 Å².